The van der Waals surface area contributed by atoms with Gasteiger partial charge in [-0.25, -0.2) is 14.8 Å². The number of ether oxygens (including phenoxy) is 1. The molecule has 2 fully saturated rings. The summed E-state index contributed by atoms with van der Waals surface area (Å²) in [6.07, 6.45) is -3.79. The number of aliphatic hydroxyl groups excluding tert-OH is 1. The van der Waals surface area contributed by atoms with E-state index >= 15 is 0 Å². The lowest BCUT2D eigenvalue weighted by atomic mass is 10.1. The molecule has 1 aromatic heterocycles. The Bertz CT molecular complexity index is 1430. The topological polar surface area (TPSA) is 117 Å². The molecule has 2 amide bonds. The van der Waals surface area contributed by atoms with Crippen LogP contribution in [-0.4, -0.2) is 64.3 Å². The summed E-state index contributed by atoms with van der Waals surface area (Å²) in [6.45, 7) is 3.47. The molecule has 1 aliphatic heterocycles. The van der Waals surface area contributed by atoms with Crippen LogP contribution in [0.2, 0.25) is 0 Å². The van der Waals surface area contributed by atoms with E-state index < -0.39 is 33.3 Å². The molecule has 1 aliphatic carbocycles. The summed E-state index contributed by atoms with van der Waals surface area (Å²) in [6, 6.07) is 13.0. The van der Waals surface area contributed by atoms with E-state index in [9.17, 15) is 22.2 Å². The minimum atomic E-state index is -4.64. The van der Waals surface area contributed by atoms with Crippen LogP contribution in [0.5, 0.6) is 0 Å². The van der Waals surface area contributed by atoms with Crippen molar-refractivity contribution in [3.05, 3.63) is 65.9 Å². The van der Waals surface area contributed by atoms with Crippen molar-refractivity contribution in [1.82, 2.24) is 15.3 Å². The summed E-state index contributed by atoms with van der Waals surface area (Å²) in [5.74, 6) is 0.915. The molecule has 0 radical (unpaired) electrons. The lowest BCUT2D eigenvalue weighted by Gasteiger charge is -2.34. The normalized spacial score (nSPS) is 19.0. The van der Waals surface area contributed by atoms with Gasteiger partial charge in [-0.3, -0.25) is 4.21 Å². The number of aliphatic hydroxyl groups is 1. The number of carbonyl (C=O) groups excluding carboxylic acids is 1. The quantitative estimate of drug-likeness (QED) is 0.359. The lowest BCUT2D eigenvalue weighted by Crippen LogP contribution is -2.44. The zero-order valence-electron chi connectivity index (χ0n) is 22.3. The first-order valence-corrected chi connectivity index (χ1v) is 14.4. The molecule has 1 saturated heterocycles. The highest BCUT2D eigenvalue weighted by atomic mass is 32.2. The largest absolute Gasteiger partial charge is 0.417 e. The Labute approximate surface area is 237 Å². The monoisotopic (exact) mass is 589 g/mol. The molecule has 218 valence electrons. The van der Waals surface area contributed by atoms with Gasteiger partial charge in [0.2, 0.25) is 0 Å². The number of amides is 2. The summed E-state index contributed by atoms with van der Waals surface area (Å²) >= 11 is 0. The molecule has 41 heavy (non-hydrogen) atoms. The van der Waals surface area contributed by atoms with Crippen molar-refractivity contribution < 1.29 is 32.0 Å². The van der Waals surface area contributed by atoms with E-state index in [0.717, 1.165) is 6.07 Å². The fraction of sp³-hybridized carbons (Fsp3) is 0.393. The average Bonchev–Trinajstić information content (AvgIpc) is 3.78. The molecule has 3 N–H and O–H groups in total. The second-order valence-electron chi connectivity index (χ2n) is 9.99. The second kappa shape index (κ2) is 11.7. The number of rotatable bonds is 8. The molecule has 2 aliphatic rings. The number of morpholine rings is 1. The summed E-state index contributed by atoms with van der Waals surface area (Å²) in [5, 5.41) is 14.0. The van der Waals surface area contributed by atoms with Crippen LogP contribution in [0.1, 0.15) is 31.0 Å². The summed E-state index contributed by atoms with van der Waals surface area (Å²) < 4.78 is 59.8. The highest BCUT2D eigenvalue weighted by molar-refractivity contribution is 7.86. The minimum Gasteiger partial charge on any atom is -0.395 e. The molecule has 3 aromatic rings. The third kappa shape index (κ3) is 6.21. The Morgan fingerprint density at radius 1 is 1.17 bits per heavy atom. The van der Waals surface area contributed by atoms with Gasteiger partial charge in [0.15, 0.2) is 5.82 Å². The number of anilines is 2. The van der Waals surface area contributed by atoms with Gasteiger partial charge >= 0.3 is 12.2 Å². The number of nitrogens with one attached hydrogen (secondary N) is 2. The zero-order chi connectivity index (χ0) is 29.2. The van der Waals surface area contributed by atoms with Gasteiger partial charge in [-0.15, -0.1) is 0 Å². The van der Waals surface area contributed by atoms with Gasteiger partial charge < -0.3 is 25.4 Å². The highest BCUT2D eigenvalue weighted by Crippen LogP contribution is 2.54. The molecule has 2 atom stereocenters. The molecule has 0 spiro atoms. The van der Waals surface area contributed by atoms with E-state index in [4.69, 9.17) is 19.8 Å². The van der Waals surface area contributed by atoms with Gasteiger partial charge in [-0.05, 0) is 56.2 Å². The van der Waals surface area contributed by atoms with Gasteiger partial charge in [0.25, 0.3) is 0 Å². The van der Waals surface area contributed by atoms with E-state index in [1.54, 1.807) is 30.3 Å². The van der Waals surface area contributed by atoms with Crippen molar-refractivity contribution in [1.29, 1.82) is 0 Å². The first kappa shape index (κ1) is 29.0. The molecule has 5 rings (SSSR count). The molecule has 2 heterocycles. The van der Waals surface area contributed by atoms with Crippen molar-refractivity contribution in [3.63, 3.8) is 0 Å². The number of hydrogen-bond donors (Lipinski definition) is 3. The van der Waals surface area contributed by atoms with Crippen LogP contribution in [0.4, 0.5) is 29.5 Å². The van der Waals surface area contributed by atoms with E-state index in [-0.39, 0.29) is 24.1 Å². The predicted octanol–water partition coefficient (Wildman–Crippen LogP) is 4.30. The zero-order valence-corrected chi connectivity index (χ0v) is 23.1. The maximum Gasteiger partial charge on any atom is 0.417 e. The number of aromatic nitrogens is 2. The molecule has 9 nitrogen and oxygen atoms in total. The van der Waals surface area contributed by atoms with E-state index in [0.29, 0.717) is 61.2 Å². The number of alkyl halides is 3. The van der Waals surface area contributed by atoms with Crippen LogP contribution >= 0.6 is 0 Å². The molecule has 0 bridgehead atoms. The summed E-state index contributed by atoms with van der Waals surface area (Å²) in [5.41, 5.74) is 0.641. The Morgan fingerprint density at radius 3 is 2.56 bits per heavy atom. The van der Waals surface area contributed by atoms with Crippen LogP contribution in [0.15, 0.2) is 59.5 Å². The van der Waals surface area contributed by atoms with Gasteiger partial charge in [-0.1, -0.05) is 12.1 Å². The van der Waals surface area contributed by atoms with Crippen LogP contribution in [0.25, 0.3) is 11.4 Å². The van der Waals surface area contributed by atoms with Crippen molar-refractivity contribution >= 4 is 28.3 Å². The molecule has 1 unspecified atom stereocenters. The fourth-order valence-electron chi connectivity index (χ4n) is 4.78. The maximum absolute atomic E-state index is 13.9. The second-order valence-corrected chi connectivity index (χ2v) is 11.7. The van der Waals surface area contributed by atoms with E-state index in [1.165, 1.54) is 18.2 Å². The van der Waals surface area contributed by atoms with Gasteiger partial charge in [0, 0.05) is 30.4 Å². The van der Waals surface area contributed by atoms with Gasteiger partial charge in [0.05, 0.1) is 57.6 Å². The third-order valence-electron chi connectivity index (χ3n) is 7.09. The number of nitrogens with zero attached hydrogens (tertiary/aromatic N) is 3. The number of benzene rings is 2. The standard InChI is InChI=1S/C28H30F3N5O4S/c1-18-17-40-15-13-36(18)24-16-23(27(10-11-27)41(39)22-5-3-2-4-21(22)28(29,30)31)34-25(35-24)19-6-8-20(9-7-19)33-26(38)32-12-14-37/h2-9,16,18,37H,10-15,17H2,1H3,(H2,32,33,38)/t18-,41?/m0/s1. The van der Waals surface area contributed by atoms with Crippen molar-refractivity contribution in [2.24, 2.45) is 0 Å². The third-order valence-corrected chi connectivity index (χ3v) is 9.17. The van der Waals surface area contributed by atoms with Crippen molar-refractivity contribution in [2.75, 3.05) is 43.1 Å². The fourth-order valence-corrected chi connectivity index (χ4v) is 6.56. The van der Waals surface area contributed by atoms with Crippen molar-refractivity contribution in [3.8, 4) is 11.4 Å². The predicted molar refractivity (Wildman–Crippen MR) is 148 cm³/mol. The number of urea groups is 1. The number of carbonyl (C=O) groups is 1. The van der Waals surface area contributed by atoms with Crippen LogP contribution in [-0.2, 0) is 26.5 Å². The summed E-state index contributed by atoms with van der Waals surface area (Å²) in [7, 11) is -2.02. The summed E-state index contributed by atoms with van der Waals surface area (Å²) in [4.78, 5) is 23.3. The molecular weight excluding hydrogens is 559 g/mol. The Kier molecular flexibility index (Phi) is 8.30. The van der Waals surface area contributed by atoms with E-state index in [1.807, 2.05) is 6.92 Å². The van der Waals surface area contributed by atoms with Crippen molar-refractivity contribution in [2.45, 2.75) is 41.6 Å². The number of hydrogen-bond acceptors (Lipinski definition) is 7. The first-order valence-electron chi connectivity index (χ1n) is 13.2. The molecule has 13 heteroatoms. The molecular formula is C28H30F3N5O4S. The van der Waals surface area contributed by atoms with Crippen LogP contribution < -0.4 is 15.5 Å². The number of halogens is 3. The van der Waals surface area contributed by atoms with Gasteiger partial charge in [-0.2, -0.15) is 13.2 Å². The van der Waals surface area contributed by atoms with Crippen LogP contribution in [0, 0.1) is 0 Å². The molecule has 2 aromatic carbocycles. The Morgan fingerprint density at radius 2 is 1.90 bits per heavy atom. The average molecular weight is 590 g/mol. The minimum absolute atomic E-state index is 0.00466. The Hall–Kier alpha value is -3.55. The Balaban J connectivity index is 1.53. The molecule has 1 saturated carbocycles. The smallest absolute Gasteiger partial charge is 0.395 e. The SMILES string of the molecule is C[C@H]1COCCN1c1cc(C2(S(=O)c3ccccc3C(F)(F)F)CC2)nc(-c2ccc(NC(=O)NCCO)cc2)n1. The van der Waals surface area contributed by atoms with E-state index in [2.05, 4.69) is 15.5 Å². The highest BCUT2D eigenvalue weighted by Gasteiger charge is 2.54. The lowest BCUT2D eigenvalue weighted by molar-refractivity contribution is -0.139. The maximum atomic E-state index is 13.9. The first-order chi connectivity index (χ1) is 19.6. The van der Waals surface area contributed by atoms with Crippen LogP contribution in [0.3, 0.4) is 0 Å². The van der Waals surface area contributed by atoms with Gasteiger partial charge in [0.1, 0.15) is 5.82 Å².